The van der Waals surface area contributed by atoms with Gasteiger partial charge >= 0.3 is 0 Å². The van der Waals surface area contributed by atoms with Gasteiger partial charge in [0.15, 0.2) is 0 Å². The van der Waals surface area contributed by atoms with Crippen LogP contribution in [0.5, 0.6) is 0 Å². The predicted octanol–water partition coefficient (Wildman–Crippen LogP) is 4.37. The Labute approximate surface area is 121 Å². The van der Waals surface area contributed by atoms with Crippen LogP contribution in [0.4, 0.5) is 4.39 Å². The van der Waals surface area contributed by atoms with Gasteiger partial charge in [0.25, 0.3) is 0 Å². The van der Waals surface area contributed by atoms with E-state index in [2.05, 4.69) is 22.9 Å². The zero-order valence-corrected chi connectivity index (χ0v) is 12.7. The maximum Gasteiger partial charge on any atom is 0.142 e. The maximum atomic E-state index is 14.2. The number of benzene rings is 2. The molecule has 1 nitrogen and oxygen atoms in total. The largest absolute Gasteiger partial charge is 0.318 e. The van der Waals surface area contributed by atoms with Gasteiger partial charge in [0, 0.05) is 5.56 Å². The van der Waals surface area contributed by atoms with Crippen molar-refractivity contribution in [1.82, 2.24) is 0 Å². The molecule has 1 unspecified atom stereocenters. The standard InChI is InChI=1S/C16H17BrFN/c1-3-11-7-9-12(10-8-11)16(2,19)13-5-4-6-14(17)15(13)18/h4-10H,3,19H2,1-2H3. The van der Waals surface area contributed by atoms with Crippen molar-refractivity contribution in [2.75, 3.05) is 0 Å². The summed E-state index contributed by atoms with van der Waals surface area (Å²) in [4.78, 5) is 0. The zero-order valence-electron chi connectivity index (χ0n) is 11.1. The third kappa shape index (κ3) is 2.72. The van der Waals surface area contributed by atoms with Crippen molar-refractivity contribution in [3.05, 3.63) is 69.4 Å². The summed E-state index contributed by atoms with van der Waals surface area (Å²) in [6.07, 6.45) is 0.979. The number of hydrogen-bond acceptors (Lipinski definition) is 1. The molecule has 0 bridgehead atoms. The maximum absolute atomic E-state index is 14.2. The number of halogens is 2. The van der Waals surface area contributed by atoms with Crippen molar-refractivity contribution in [3.8, 4) is 0 Å². The van der Waals surface area contributed by atoms with Crippen molar-refractivity contribution in [1.29, 1.82) is 0 Å². The molecule has 0 radical (unpaired) electrons. The monoisotopic (exact) mass is 321 g/mol. The summed E-state index contributed by atoms with van der Waals surface area (Å²) in [5.74, 6) is -0.299. The molecule has 0 aliphatic rings. The molecule has 2 N–H and O–H groups in total. The summed E-state index contributed by atoms with van der Waals surface area (Å²) >= 11 is 3.20. The highest BCUT2D eigenvalue weighted by Crippen LogP contribution is 2.31. The van der Waals surface area contributed by atoms with Crippen LogP contribution in [0, 0.1) is 5.82 Å². The number of aryl methyl sites for hydroxylation is 1. The van der Waals surface area contributed by atoms with Crippen molar-refractivity contribution < 1.29 is 4.39 Å². The lowest BCUT2D eigenvalue weighted by molar-refractivity contribution is 0.527. The van der Waals surface area contributed by atoms with E-state index >= 15 is 0 Å². The molecule has 0 heterocycles. The Morgan fingerprint density at radius 1 is 1.16 bits per heavy atom. The molecule has 2 rings (SSSR count). The fourth-order valence-electron chi connectivity index (χ4n) is 2.15. The highest BCUT2D eigenvalue weighted by atomic mass is 79.9. The van der Waals surface area contributed by atoms with E-state index < -0.39 is 5.54 Å². The van der Waals surface area contributed by atoms with E-state index in [1.165, 1.54) is 5.56 Å². The van der Waals surface area contributed by atoms with Crippen LogP contribution in [-0.2, 0) is 12.0 Å². The first kappa shape index (κ1) is 14.2. The average Bonchev–Trinajstić information content (AvgIpc) is 2.41. The van der Waals surface area contributed by atoms with Gasteiger partial charge in [-0.1, -0.05) is 43.3 Å². The Balaban J connectivity index is 2.48. The molecule has 3 heteroatoms. The van der Waals surface area contributed by atoms with Gasteiger partial charge in [-0.2, -0.15) is 0 Å². The molecule has 1 atom stereocenters. The average molecular weight is 322 g/mol. The van der Waals surface area contributed by atoms with Gasteiger partial charge in [0.2, 0.25) is 0 Å². The van der Waals surface area contributed by atoms with Crippen molar-refractivity contribution in [2.45, 2.75) is 25.8 Å². The molecule has 2 aromatic rings. The van der Waals surface area contributed by atoms with Crippen LogP contribution >= 0.6 is 15.9 Å². The second-order valence-corrected chi connectivity index (χ2v) is 5.71. The van der Waals surface area contributed by atoms with Gasteiger partial charge < -0.3 is 5.73 Å². The SMILES string of the molecule is CCc1ccc(C(C)(N)c2cccc(Br)c2F)cc1. The summed E-state index contributed by atoms with van der Waals surface area (Å²) in [7, 11) is 0. The lowest BCUT2D eigenvalue weighted by Crippen LogP contribution is -2.35. The van der Waals surface area contributed by atoms with E-state index in [1.807, 2.05) is 31.2 Å². The molecule has 0 saturated carbocycles. The summed E-state index contributed by atoms with van der Waals surface area (Å²) < 4.78 is 14.6. The van der Waals surface area contributed by atoms with Crippen molar-refractivity contribution in [2.24, 2.45) is 5.73 Å². The van der Waals surface area contributed by atoms with E-state index in [1.54, 1.807) is 18.2 Å². The second kappa shape index (κ2) is 5.43. The molecule has 0 saturated heterocycles. The third-order valence-electron chi connectivity index (χ3n) is 3.47. The molecule has 100 valence electrons. The fourth-order valence-corrected chi connectivity index (χ4v) is 2.51. The zero-order chi connectivity index (χ0) is 14.0. The lowest BCUT2D eigenvalue weighted by atomic mass is 9.85. The van der Waals surface area contributed by atoms with Crippen LogP contribution < -0.4 is 5.73 Å². The van der Waals surface area contributed by atoms with E-state index in [-0.39, 0.29) is 5.82 Å². The topological polar surface area (TPSA) is 26.0 Å². The first-order valence-electron chi connectivity index (χ1n) is 6.29. The van der Waals surface area contributed by atoms with E-state index in [0.717, 1.165) is 12.0 Å². The van der Waals surface area contributed by atoms with Gasteiger partial charge in [0.05, 0.1) is 10.0 Å². The smallest absolute Gasteiger partial charge is 0.142 e. The Morgan fingerprint density at radius 2 is 1.79 bits per heavy atom. The normalized spacial score (nSPS) is 14.2. The minimum atomic E-state index is -0.847. The van der Waals surface area contributed by atoms with E-state index in [9.17, 15) is 4.39 Å². The third-order valence-corrected chi connectivity index (χ3v) is 4.09. The fraction of sp³-hybridized carbons (Fsp3) is 0.250. The van der Waals surface area contributed by atoms with Crippen LogP contribution in [0.25, 0.3) is 0 Å². The van der Waals surface area contributed by atoms with Crippen LogP contribution in [0.3, 0.4) is 0 Å². The molecule has 0 aliphatic heterocycles. The first-order chi connectivity index (χ1) is 8.96. The van der Waals surface area contributed by atoms with Gasteiger partial charge in [0.1, 0.15) is 5.82 Å². The number of hydrogen-bond donors (Lipinski definition) is 1. The van der Waals surface area contributed by atoms with E-state index in [0.29, 0.717) is 10.0 Å². The predicted molar refractivity (Wildman–Crippen MR) is 80.6 cm³/mol. The Kier molecular flexibility index (Phi) is 4.07. The Bertz CT molecular complexity index is 576. The summed E-state index contributed by atoms with van der Waals surface area (Å²) in [5.41, 5.74) is 8.15. The van der Waals surface area contributed by atoms with Gasteiger partial charge in [-0.25, -0.2) is 4.39 Å². The minimum absolute atomic E-state index is 0.299. The quantitative estimate of drug-likeness (QED) is 0.892. The molecular formula is C16H17BrFN. The molecule has 2 aromatic carbocycles. The van der Waals surface area contributed by atoms with E-state index in [4.69, 9.17) is 5.73 Å². The van der Waals surface area contributed by atoms with Gasteiger partial charge in [-0.05, 0) is 46.5 Å². The minimum Gasteiger partial charge on any atom is -0.318 e. The second-order valence-electron chi connectivity index (χ2n) is 4.85. The summed E-state index contributed by atoms with van der Waals surface area (Å²) in [5, 5.41) is 0. The highest BCUT2D eigenvalue weighted by Gasteiger charge is 2.27. The molecule has 0 amide bonds. The van der Waals surface area contributed by atoms with Crippen LogP contribution in [0.1, 0.15) is 30.5 Å². The van der Waals surface area contributed by atoms with Gasteiger partial charge in [-0.3, -0.25) is 0 Å². The van der Waals surface area contributed by atoms with Crippen molar-refractivity contribution >= 4 is 15.9 Å². The molecule has 19 heavy (non-hydrogen) atoms. The first-order valence-corrected chi connectivity index (χ1v) is 7.09. The van der Waals surface area contributed by atoms with Crippen LogP contribution in [-0.4, -0.2) is 0 Å². The molecule has 0 aromatic heterocycles. The number of rotatable bonds is 3. The highest BCUT2D eigenvalue weighted by molar-refractivity contribution is 9.10. The Hall–Kier alpha value is -1.19. The van der Waals surface area contributed by atoms with Crippen LogP contribution in [0.2, 0.25) is 0 Å². The lowest BCUT2D eigenvalue weighted by Gasteiger charge is -2.27. The van der Waals surface area contributed by atoms with Crippen molar-refractivity contribution in [3.63, 3.8) is 0 Å². The van der Waals surface area contributed by atoms with Crippen LogP contribution in [0.15, 0.2) is 46.9 Å². The molecule has 0 spiro atoms. The number of nitrogens with two attached hydrogens (primary N) is 1. The van der Waals surface area contributed by atoms with Gasteiger partial charge in [-0.15, -0.1) is 0 Å². The summed E-state index contributed by atoms with van der Waals surface area (Å²) in [6.45, 7) is 3.93. The summed E-state index contributed by atoms with van der Waals surface area (Å²) in [6, 6.07) is 13.2. The molecule has 0 fully saturated rings. The molecular weight excluding hydrogens is 305 g/mol. The molecule has 0 aliphatic carbocycles. The Morgan fingerprint density at radius 3 is 2.37 bits per heavy atom.